The predicted molar refractivity (Wildman–Crippen MR) is 110 cm³/mol. The van der Waals surface area contributed by atoms with E-state index < -0.39 is 11.6 Å². The Morgan fingerprint density at radius 2 is 1.41 bits per heavy atom. The number of halogens is 2. The van der Waals surface area contributed by atoms with E-state index in [2.05, 4.69) is 19.1 Å². The maximum Gasteiger partial charge on any atom is 0.166 e. The summed E-state index contributed by atoms with van der Waals surface area (Å²) in [6.07, 6.45) is 11.1. The van der Waals surface area contributed by atoms with Crippen molar-refractivity contribution in [2.75, 3.05) is 0 Å². The van der Waals surface area contributed by atoms with E-state index >= 15 is 0 Å². The zero-order valence-corrected chi connectivity index (χ0v) is 16.7. The Hall–Kier alpha value is -1.70. The topological polar surface area (TPSA) is 0 Å². The standard InChI is InChI=1S/C25H32F2/c1-3-5-18-6-8-19(9-7-18)10-11-20-12-14-22(15-13-20)23-17-16-21(4-2)24(26)25(23)27/h12-19H,3-11H2,1-2H3. The summed E-state index contributed by atoms with van der Waals surface area (Å²) in [6, 6.07) is 11.4. The number of rotatable bonds is 7. The van der Waals surface area contributed by atoms with Crippen LogP contribution in [-0.2, 0) is 12.8 Å². The Kier molecular flexibility index (Phi) is 7.04. The summed E-state index contributed by atoms with van der Waals surface area (Å²) in [5, 5.41) is 0. The van der Waals surface area contributed by atoms with Crippen LogP contribution in [-0.4, -0.2) is 0 Å². The molecule has 2 heteroatoms. The van der Waals surface area contributed by atoms with Gasteiger partial charge in [0.05, 0.1) is 0 Å². The summed E-state index contributed by atoms with van der Waals surface area (Å²) in [5.74, 6) is 0.370. The maximum atomic E-state index is 14.3. The van der Waals surface area contributed by atoms with Crippen LogP contribution in [0.2, 0.25) is 0 Å². The van der Waals surface area contributed by atoms with Crippen molar-refractivity contribution >= 4 is 0 Å². The summed E-state index contributed by atoms with van der Waals surface area (Å²) in [7, 11) is 0. The fourth-order valence-electron chi connectivity index (χ4n) is 4.52. The molecule has 0 spiro atoms. The van der Waals surface area contributed by atoms with Crippen molar-refractivity contribution < 1.29 is 8.78 Å². The van der Waals surface area contributed by atoms with Crippen LogP contribution in [0.15, 0.2) is 36.4 Å². The summed E-state index contributed by atoms with van der Waals surface area (Å²) < 4.78 is 28.4. The van der Waals surface area contributed by atoms with Gasteiger partial charge in [-0.25, -0.2) is 8.78 Å². The number of hydrogen-bond donors (Lipinski definition) is 0. The molecule has 0 atom stereocenters. The minimum Gasteiger partial charge on any atom is -0.203 e. The molecule has 0 N–H and O–H groups in total. The number of benzene rings is 2. The highest BCUT2D eigenvalue weighted by atomic mass is 19.2. The lowest BCUT2D eigenvalue weighted by Crippen LogP contribution is -2.15. The van der Waals surface area contributed by atoms with Crippen molar-refractivity contribution in [2.24, 2.45) is 11.8 Å². The highest BCUT2D eigenvalue weighted by Crippen LogP contribution is 2.34. The van der Waals surface area contributed by atoms with Gasteiger partial charge in [-0.2, -0.15) is 0 Å². The molecule has 1 saturated carbocycles. The molecule has 1 aliphatic carbocycles. The van der Waals surface area contributed by atoms with Crippen LogP contribution in [0.25, 0.3) is 11.1 Å². The molecule has 0 heterocycles. The first kappa shape index (κ1) is 20.0. The van der Waals surface area contributed by atoms with Gasteiger partial charge in [0.1, 0.15) is 0 Å². The van der Waals surface area contributed by atoms with Crippen molar-refractivity contribution in [3.63, 3.8) is 0 Å². The number of hydrogen-bond acceptors (Lipinski definition) is 0. The molecule has 146 valence electrons. The first-order valence-corrected chi connectivity index (χ1v) is 10.7. The largest absolute Gasteiger partial charge is 0.203 e. The molecule has 0 radical (unpaired) electrons. The minimum absolute atomic E-state index is 0.352. The van der Waals surface area contributed by atoms with Crippen molar-refractivity contribution in [1.29, 1.82) is 0 Å². The highest BCUT2D eigenvalue weighted by Gasteiger charge is 2.20. The first-order chi connectivity index (χ1) is 13.1. The fraction of sp³-hybridized carbons (Fsp3) is 0.520. The minimum atomic E-state index is -0.731. The molecule has 0 aliphatic heterocycles. The second-order valence-corrected chi connectivity index (χ2v) is 8.16. The maximum absolute atomic E-state index is 14.3. The van der Waals surface area contributed by atoms with Gasteiger partial charge in [0, 0.05) is 5.56 Å². The van der Waals surface area contributed by atoms with Gasteiger partial charge in [-0.1, -0.05) is 88.8 Å². The third-order valence-corrected chi connectivity index (χ3v) is 6.31. The molecule has 0 saturated heterocycles. The van der Waals surface area contributed by atoms with E-state index in [0.717, 1.165) is 23.8 Å². The third-order valence-electron chi connectivity index (χ3n) is 6.31. The molecular formula is C25H32F2. The van der Waals surface area contributed by atoms with E-state index in [9.17, 15) is 8.78 Å². The first-order valence-electron chi connectivity index (χ1n) is 10.7. The quantitative estimate of drug-likeness (QED) is 0.468. The average Bonchev–Trinajstić information content (AvgIpc) is 2.70. The lowest BCUT2D eigenvalue weighted by atomic mass is 9.78. The molecule has 0 aromatic heterocycles. The normalized spacial score (nSPS) is 20.0. The van der Waals surface area contributed by atoms with E-state index in [0.29, 0.717) is 17.5 Å². The second kappa shape index (κ2) is 9.48. The Balaban J connectivity index is 1.58. The summed E-state index contributed by atoms with van der Waals surface area (Å²) in [6.45, 7) is 4.12. The SMILES string of the molecule is CCCC1CCC(CCc2ccc(-c3ccc(CC)c(F)c3F)cc2)CC1. The average molecular weight is 371 g/mol. The van der Waals surface area contributed by atoms with Gasteiger partial charge in [-0.05, 0) is 47.8 Å². The molecule has 27 heavy (non-hydrogen) atoms. The van der Waals surface area contributed by atoms with E-state index in [1.807, 2.05) is 19.1 Å². The van der Waals surface area contributed by atoms with Gasteiger partial charge in [0.25, 0.3) is 0 Å². The van der Waals surface area contributed by atoms with Gasteiger partial charge in [0.15, 0.2) is 11.6 Å². The van der Waals surface area contributed by atoms with E-state index in [1.165, 1.54) is 50.5 Å². The Morgan fingerprint density at radius 3 is 2.00 bits per heavy atom. The molecular weight excluding hydrogens is 338 g/mol. The molecule has 1 fully saturated rings. The molecule has 0 amide bonds. The van der Waals surface area contributed by atoms with Crippen molar-refractivity contribution in [3.05, 3.63) is 59.2 Å². The van der Waals surface area contributed by atoms with E-state index in [-0.39, 0.29) is 0 Å². The van der Waals surface area contributed by atoms with Crippen molar-refractivity contribution in [2.45, 2.75) is 71.6 Å². The van der Waals surface area contributed by atoms with Crippen LogP contribution in [0.5, 0.6) is 0 Å². The zero-order chi connectivity index (χ0) is 19.2. The van der Waals surface area contributed by atoms with E-state index in [1.54, 1.807) is 12.1 Å². The predicted octanol–water partition coefficient (Wildman–Crippen LogP) is 7.73. The van der Waals surface area contributed by atoms with Crippen LogP contribution < -0.4 is 0 Å². The summed E-state index contributed by atoms with van der Waals surface area (Å²) in [4.78, 5) is 0. The third kappa shape index (κ3) is 4.97. The van der Waals surface area contributed by atoms with Gasteiger partial charge in [0.2, 0.25) is 0 Å². The lowest BCUT2D eigenvalue weighted by Gasteiger charge is -2.28. The van der Waals surface area contributed by atoms with Gasteiger partial charge in [-0.3, -0.25) is 0 Å². The number of aryl methyl sites for hydroxylation is 2. The Bertz CT molecular complexity index is 725. The lowest BCUT2D eigenvalue weighted by molar-refractivity contribution is 0.252. The van der Waals surface area contributed by atoms with Gasteiger partial charge >= 0.3 is 0 Å². The van der Waals surface area contributed by atoms with Crippen molar-refractivity contribution in [1.82, 2.24) is 0 Å². The molecule has 0 nitrogen and oxygen atoms in total. The Morgan fingerprint density at radius 1 is 0.778 bits per heavy atom. The summed E-state index contributed by atoms with van der Waals surface area (Å²) in [5.41, 5.74) is 2.82. The molecule has 3 rings (SSSR count). The highest BCUT2D eigenvalue weighted by molar-refractivity contribution is 5.65. The zero-order valence-electron chi connectivity index (χ0n) is 16.7. The van der Waals surface area contributed by atoms with Crippen LogP contribution in [0.3, 0.4) is 0 Å². The molecule has 2 aromatic carbocycles. The Labute approximate surface area is 163 Å². The molecule has 1 aliphatic rings. The van der Waals surface area contributed by atoms with Gasteiger partial charge in [-0.15, -0.1) is 0 Å². The monoisotopic (exact) mass is 370 g/mol. The second-order valence-electron chi connectivity index (χ2n) is 8.16. The van der Waals surface area contributed by atoms with Crippen LogP contribution in [0.1, 0.15) is 69.9 Å². The van der Waals surface area contributed by atoms with Crippen LogP contribution in [0, 0.1) is 23.5 Å². The summed E-state index contributed by atoms with van der Waals surface area (Å²) >= 11 is 0. The fourth-order valence-corrected chi connectivity index (χ4v) is 4.52. The van der Waals surface area contributed by atoms with Crippen LogP contribution in [0.4, 0.5) is 8.78 Å². The van der Waals surface area contributed by atoms with Crippen LogP contribution >= 0.6 is 0 Å². The molecule has 0 bridgehead atoms. The smallest absolute Gasteiger partial charge is 0.166 e. The van der Waals surface area contributed by atoms with Gasteiger partial charge < -0.3 is 0 Å². The van der Waals surface area contributed by atoms with Crippen molar-refractivity contribution in [3.8, 4) is 11.1 Å². The van der Waals surface area contributed by atoms with E-state index in [4.69, 9.17) is 0 Å². The molecule has 0 unspecified atom stereocenters. The molecule has 2 aromatic rings.